The van der Waals surface area contributed by atoms with Crippen LogP contribution in [-0.2, 0) is 35.3 Å². The van der Waals surface area contributed by atoms with Crippen LogP contribution in [0.15, 0.2) is 12.1 Å². The molecule has 1 aliphatic heterocycles. The summed E-state index contributed by atoms with van der Waals surface area (Å²) in [6, 6.07) is 0.102. The number of aromatic nitrogens is 3. The van der Waals surface area contributed by atoms with E-state index in [1.165, 1.54) is 4.90 Å². The number of nitrogens with zero attached hydrogens (tertiary/aromatic N) is 4. The zero-order valence-corrected chi connectivity index (χ0v) is 17.6. The quantitative estimate of drug-likeness (QED) is 0.491. The minimum Gasteiger partial charge on any atom is -0.353 e. The second-order valence-electron chi connectivity index (χ2n) is 7.68. The lowest BCUT2D eigenvalue weighted by Gasteiger charge is -2.29. The third-order valence-corrected chi connectivity index (χ3v) is 5.18. The molecule has 0 saturated heterocycles. The van der Waals surface area contributed by atoms with Crippen molar-refractivity contribution >= 4 is 11.8 Å². The van der Waals surface area contributed by atoms with Crippen molar-refractivity contribution in [2.24, 2.45) is 0 Å². The Morgan fingerprint density at radius 1 is 1.09 bits per heavy atom. The number of carbonyl (C=O) groups is 2. The largest absolute Gasteiger partial charge is 0.451 e. The molecule has 3 rings (SSSR count). The maximum atomic E-state index is 14.1. The summed E-state index contributed by atoms with van der Waals surface area (Å²) < 4.78 is 80.8. The van der Waals surface area contributed by atoms with E-state index in [0.29, 0.717) is 18.6 Å². The molecule has 1 aliphatic rings. The first-order valence-electron chi connectivity index (χ1n) is 10.2. The molecular weight excluding hydrogens is 456 g/mol. The standard InChI is InChI=1S/C20H21F6N5O2/c1-2-3-17(32)27-12(6-11-7-14(22)15(23)9-13(11)21)8-18(33)30-4-5-31-16(10-30)28-29-19(31)20(24,25)26/h7,9,12H,2-6,8,10H2,1H3,(H,27,32)/t12-/m1/s1. The molecule has 0 radical (unpaired) electrons. The molecular formula is C20H21F6N5O2. The van der Waals surface area contributed by atoms with Crippen LogP contribution in [0.25, 0.3) is 0 Å². The van der Waals surface area contributed by atoms with Gasteiger partial charge in [-0.2, -0.15) is 13.2 Å². The van der Waals surface area contributed by atoms with Crippen LogP contribution < -0.4 is 5.32 Å². The number of hydrogen-bond acceptors (Lipinski definition) is 4. The van der Waals surface area contributed by atoms with E-state index in [1.807, 2.05) is 0 Å². The topological polar surface area (TPSA) is 80.1 Å². The Hall–Kier alpha value is -3.12. The second kappa shape index (κ2) is 9.79. The molecule has 1 aromatic carbocycles. The summed E-state index contributed by atoms with van der Waals surface area (Å²) in [5.41, 5.74) is -0.225. The molecule has 2 aromatic rings. The molecule has 1 aromatic heterocycles. The molecule has 2 heterocycles. The van der Waals surface area contributed by atoms with Gasteiger partial charge in [-0.15, -0.1) is 10.2 Å². The number of amides is 2. The monoisotopic (exact) mass is 477 g/mol. The Labute approximate surface area is 184 Å². The molecule has 0 saturated carbocycles. The van der Waals surface area contributed by atoms with Gasteiger partial charge in [0.05, 0.1) is 6.54 Å². The van der Waals surface area contributed by atoms with Gasteiger partial charge in [0.1, 0.15) is 5.82 Å². The molecule has 1 N–H and O–H groups in total. The summed E-state index contributed by atoms with van der Waals surface area (Å²) in [7, 11) is 0. The number of benzene rings is 1. The first kappa shape index (κ1) is 24.5. The van der Waals surface area contributed by atoms with Crippen LogP contribution >= 0.6 is 0 Å². The summed E-state index contributed by atoms with van der Waals surface area (Å²) >= 11 is 0. The van der Waals surface area contributed by atoms with Crippen molar-refractivity contribution in [3.8, 4) is 0 Å². The maximum Gasteiger partial charge on any atom is 0.451 e. The van der Waals surface area contributed by atoms with Crippen LogP contribution in [0.2, 0.25) is 0 Å². The third-order valence-electron chi connectivity index (χ3n) is 5.18. The van der Waals surface area contributed by atoms with E-state index in [1.54, 1.807) is 6.92 Å². The normalized spacial score (nSPS) is 14.7. The lowest BCUT2D eigenvalue weighted by Crippen LogP contribution is -2.44. The molecule has 1 atom stereocenters. The van der Waals surface area contributed by atoms with E-state index in [-0.39, 0.29) is 50.3 Å². The Morgan fingerprint density at radius 2 is 1.79 bits per heavy atom. The van der Waals surface area contributed by atoms with Crippen molar-refractivity contribution < 1.29 is 35.9 Å². The van der Waals surface area contributed by atoms with Gasteiger partial charge in [0, 0.05) is 38.0 Å². The molecule has 0 aliphatic carbocycles. The van der Waals surface area contributed by atoms with E-state index in [2.05, 4.69) is 15.5 Å². The molecule has 0 fully saturated rings. The Kier molecular flexibility index (Phi) is 7.28. The fourth-order valence-electron chi connectivity index (χ4n) is 3.61. The predicted octanol–water partition coefficient (Wildman–Crippen LogP) is 2.97. The summed E-state index contributed by atoms with van der Waals surface area (Å²) in [6.07, 6.45) is -4.64. The van der Waals surface area contributed by atoms with Crippen molar-refractivity contribution in [1.82, 2.24) is 25.0 Å². The highest BCUT2D eigenvalue weighted by Crippen LogP contribution is 2.29. The zero-order chi connectivity index (χ0) is 24.3. The first-order valence-corrected chi connectivity index (χ1v) is 10.2. The molecule has 2 amide bonds. The SMILES string of the molecule is CCCC(=O)N[C@@H](CC(=O)N1CCn2c(nnc2C(F)(F)F)C1)Cc1cc(F)c(F)cc1F. The van der Waals surface area contributed by atoms with Crippen molar-refractivity contribution in [2.45, 2.75) is 57.9 Å². The van der Waals surface area contributed by atoms with Crippen LogP contribution in [0, 0.1) is 17.5 Å². The molecule has 13 heteroatoms. The summed E-state index contributed by atoms with van der Waals surface area (Å²) in [5.74, 6) is -5.79. The fraction of sp³-hybridized carbons (Fsp3) is 0.500. The maximum absolute atomic E-state index is 14.1. The average molecular weight is 477 g/mol. The molecule has 7 nitrogen and oxygen atoms in total. The lowest BCUT2D eigenvalue weighted by molar-refractivity contribution is -0.148. The highest BCUT2D eigenvalue weighted by Gasteiger charge is 2.40. The first-order chi connectivity index (χ1) is 15.5. The summed E-state index contributed by atoms with van der Waals surface area (Å²) in [4.78, 5) is 26.2. The van der Waals surface area contributed by atoms with Gasteiger partial charge in [-0.3, -0.25) is 9.59 Å². The minimum absolute atomic E-state index is 0.0415. The lowest BCUT2D eigenvalue weighted by atomic mass is 10.0. The smallest absolute Gasteiger partial charge is 0.353 e. The van der Waals surface area contributed by atoms with Crippen LogP contribution in [0.3, 0.4) is 0 Å². The van der Waals surface area contributed by atoms with E-state index in [4.69, 9.17) is 0 Å². The fourth-order valence-corrected chi connectivity index (χ4v) is 3.61. The number of carbonyl (C=O) groups excluding carboxylic acids is 2. The third kappa shape index (κ3) is 5.82. The van der Waals surface area contributed by atoms with Crippen LogP contribution in [0.4, 0.5) is 26.3 Å². The number of halogens is 6. The van der Waals surface area contributed by atoms with Gasteiger partial charge in [0.15, 0.2) is 17.5 Å². The van der Waals surface area contributed by atoms with Crippen molar-refractivity contribution in [3.05, 3.63) is 46.8 Å². The second-order valence-corrected chi connectivity index (χ2v) is 7.68. The van der Waals surface area contributed by atoms with Gasteiger partial charge in [0.2, 0.25) is 17.6 Å². The Morgan fingerprint density at radius 3 is 2.45 bits per heavy atom. The molecule has 33 heavy (non-hydrogen) atoms. The van der Waals surface area contributed by atoms with Crippen molar-refractivity contribution in [3.63, 3.8) is 0 Å². The number of fused-ring (bicyclic) bond motifs is 1. The molecule has 0 bridgehead atoms. The van der Waals surface area contributed by atoms with Crippen LogP contribution in [0.5, 0.6) is 0 Å². The van der Waals surface area contributed by atoms with E-state index in [0.717, 1.165) is 4.57 Å². The van der Waals surface area contributed by atoms with Gasteiger partial charge in [-0.25, -0.2) is 13.2 Å². The van der Waals surface area contributed by atoms with Crippen LogP contribution in [-0.4, -0.2) is 44.1 Å². The summed E-state index contributed by atoms with van der Waals surface area (Å²) in [6.45, 7) is 1.31. The van der Waals surface area contributed by atoms with Gasteiger partial charge < -0.3 is 14.8 Å². The zero-order valence-electron chi connectivity index (χ0n) is 17.6. The summed E-state index contributed by atoms with van der Waals surface area (Å²) in [5, 5.41) is 9.25. The van der Waals surface area contributed by atoms with E-state index < -0.39 is 47.3 Å². The highest BCUT2D eigenvalue weighted by molar-refractivity contribution is 5.80. The number of hydrogen-bond donors (Lipinski definition) is 1. The number of nitrogens with one attached hydrogen (secondary N) is 1. The van der Waals surface area contributed by atoms with Gasteiger partial charge in [-0.05, 0) is 24.5 Å². The highest BCUT2D eigenvalue weighted by atomic mass is 19.4. The van der Waals surface area contributed by atoms with Gasteiger partial charge in [-0.1, -0.05) is 6.92 Å². The predicted molar refractivity (Wildman–Crippen MR) is 102 cm³/mol. The minimum atomic E-state index is -4.68. The van der Waals surface area contributed by atoms with E-state index in [9.17, 15) is 35.9 Å². The number of rotatable bonds is 7. The Bertz CT molecular complexity index is 1040. The van der Waals surface area contributed by atoms with E-state index >= 15 is 0 Å². The molecule has 180 valence electrons. The molecule has 0 unspecified atom stereocenters. The van der Waals surface area contributed by atoms with Crippen LogP contribution in [0.1, 0.15) is 43.4 Å². The molecule has 0 spiro atoms. The van der Waals surface area contributed by atoms with Gasteiger partial charge >= 0.3 is 6.18 Å². The Balaban J connectivity index is 1.74. The van der Waals surface area contributed by atoms with Crippen molar-refractivity contribution in [2.75, 3.05) is 6.54 Å². The number of alkyl halides is 3. The van der Waals surface area contributed by atoms with Gasteiger partial charge in [0.25, 0.3) is 0 Å². The average Bonchev–Trinajstić information content (AvgIpc) is 3.15. The van der Waals surface area contributed by atoms with Crippen molar-refractivity contribution in [1.29, 1.82) is 0 Å².